The zero-order valence-electron chi connectivity index (χ0n) is 13.2. The van der Waals surface area contributed by atoms with Crippen LogP contribution in [0.1, 0.15) is 38.5 Å². The summed E-state index contributed by atoms with van der Waals surface area (Å²) in [6.07, 6.45) is 14.1. The average molecular weight is 302 g/mol. The molecule has 1 heterocycles. The Morgan fingerprint density at radius 2 is 1.64 bits per heavy atom. The van der Waals surface area contributed by atoms with Crippen molar-refractivity contribution in [1.82, 2.24) is 10.2 Å². The second-order valence-electron chi connectivity index (χ2n) is 6.82. The molecular formula is C18H26N2O2. The van der Waals surface area contributed by atoms with E-state index in [1.165, 1.54) is 0 Å². The number of amides is 2. The summed E-state index contributed by atoms with van der Waals surface area (Å²) in [5, 5.41) is 3.09. The molecule has 0 bridgehead atoms. The second kappa shape index (κ2) is 7.12. The number of piperidine rings is 1. The van der Waals surface area contributed by atoms with Crippen molar-refractivity contribution in [3.05, 3.63) is 24.3 Å². The Labute approximate surface area is 132 Å². The van der Waals surface area contributed by atoms with E-state index in [1.54, 1.807) is 0 Å². The highest BCUT2D eigenvalue weighted by Gasteiger charge is 2.29. The predicted molar refractivity (Wildman–Crippen MR) is 86.0 cm³/mol. The molecule has 22 heavy (non-hydrogen) atoms. The molecule has 0 aromatic rings. The summed E-state index contributed by atoms with van der Waals surface area (Å²) in [7, 11) is 0. The lowest BCUT2D eigenvalue weighted by Gasteiger charge is -2.34. The van der Waals surface area contributed by atoms with Gasteiger partial charge in [0.05, 0.1) is 0 Å². The van der Waals surface area contributed by atoms with E-state index in [9.17, 15) is 9.59 Å². The molecule has 0 unspecified atom stereocenters. The summed E-state index contributed by atoms with van der Waals surface area (Å²) in [5.41, 5.74) is 0. The fourth-order valence-electron chi connectivity index (χ4n) is 3.73. The van der Waals surface area contributed by atoms with Crippen molar-refractivity contribution in [1.29, 1.82) is 0 Å². The molecule has 3 rings (SSSR count). The number of likely N-dealkylation sites (tertiary alicyclic amines) is 1. The number of nitrogens with one attached hydrogen (secondary N) is 1. The number of carbonyl (C=O) groups excluding carboxylic acids is 2. The third-order valence-electron chi connectivity index (χ3n) is 5.13. The van der Waals surface area contributed by atoms with Crippen LogP contribution in [-0.2, 0) is 9.59 Å². The number of nitrogens with zero attached hydrogens (tertiary/aromatic N) is 1. The fourth-order valence-corrected chi connectivity index (χ4v) is 3.73. The molecule has 0 aromatic carbocycles. The number of carbonyl (C=O) groups is 2. The molecule has 1 fully saturated rings. The minimum absolute atomic E-state index is 0.130. The third kappa shape index (κ3) is 3.60. The molecule has 2 amide bonds. The van der Waals surface area contributed by atoms with Gasteiger partial charge in [-0.05, 0) is 44.4 Å². The minimum atomic E-state index is 0.130. The number of hydrogen-bond donors (Lipinski definition) is 1. The standard InChI is InChI=1S/C18H26N2O2/c21-17(15-7-1-2-8-15)19-12-14-6-5-11-20(13-14)18(22)16-9-3-4-10-16/h1-4,14-16H,5-13H2,(H,19,21)/t14-/m0/s1. The van der Waals surface area contributed by atoms with Crippen molar-refractivity contribution in [3.8, 4) is 0 Å². The minimum Gasteiger partial charge on any atom is -0.355 e. The zero-order valence-corrected chi connectivity index (χ0v) is 13.2. The van der Waals surface area contributed by atoms with Crippen LogP contribution >= 0.6 is 0 Å². The first-order chi connectivity index (χ1) is 10.7. The van der Waals surface area contributed by atoms with Crippen molar-refractivity contribution >= 4 is 11.8 Å². The van der Waals surface area contributed by atoms with Gasteiger partial charge in [-0.15, -0.1) is 0 Å². The normalized spacial score (nSPS) is 25.8. The van der Waals surface area contributed by atoms with Crippen LogP contribution < -0.4 is 5.32 Å². The maximum atomic E-state index is 12.5. The van der Waals surface area contributed by atoms with Crippen molar-refractivity contribution in [3.63, 3.8) is 0 Å². The summed E-state index contributed by atoms with van der Waals surface area (Å²) in [6, 6.07) is 0. The van der Waals surface area contributed by atoms with Gasteiger partial charge in [-0.3, -0.25) is 9.59 Å². The van der Waals surface area contributed by atoms with Crippen molar-refractivity contribution in [2.24, 2.45) is 17.8 Å². The highest BCUT2D eigenvalue weighted by atomic mass is 16.2. The highest BCUT2D eigenvalue weighted by molar-refractivity contribution is 5.80. The lowest BCUT2D eigenvalue weighted by Crippen LogP contribution is -2.46. The molecule has 3 aliphatic rings. The molecule has 1 atom stereocenters. The molecule has 4 nitrogen and oxygen atoms in total. The Hall–Kier alpha value is -1.58. The van der Waals surface area contributed by atoms with Crippen LogP contribution in [0, 0.1) is 17.8 Å². The highest BCUT2D eigenvalue weighted by Crippen LogP contribution is 2.24. The van der Waals surface area contributed by atoms with Crippen LogP contribution in [-0.4, -0.2) is 36.3 Å². The van der Waals surface area contributed by atoms with Crippen molar-refractivity contribution in [2.75, 3.05) is 19.6 Å². The van der Waals surface area contributed by atoms with E-state index in [0.717, 1.165) is 51.6 Å². The molecule has 1 saturated heterocycles. The predicted octanol–water partition coefficient (Wildman–Crippen LogP) is 2.27. The monoisotopic (exact) mass is 302 g/mol. The zero-order chi connectivity index (χ0) is 15.4. The molecule has 0 radical (unpaired) electrons. The summed E-state index contributed by atoms with van der Waals surface area (Å²) in [5.74, 6) is 1.18. The molecule has 0 saturated carbocycles. The molecule has 0 spiro atoms. The molecule has 1 N–H and O–H groups in total. The summed E-state index contributed by atoms with van der Waals surface area (Å²) in [6.45, 7) is 2.40. The number of hydrogen-bond acceptors (Lipinski definition) is 2. The Balaban J connectivity index is 1.44. The lowest BCUT2D eigenvalue weighted by atomic mass is 9.95. The van der Waals surface area contributed by atoms with Gasteiger partial charge in [-0.2, -0.15) is 0 Å². The van der Waals surface area contributed by atoms with Gasteiger partial charge in [-0.1, -0.05) is 24.3 Å². The summed E-state index contributed by atoms with van der Waals surface area (Å²) >= 11 is 0. The van der Waals surface area contributed by atoms with Crippen LogP contribution in [0.4, 0.5) is 0 Å². The first-order valence-electron chi connectivity index (χ1n) is 8.60. The van der Waals surface area contributed by atoms with E-state index < -0.39 is 0 Å². The average Bonchev–Trinajstić information content (AvgIpc) is 3.25. The third-order valence-corrected chi connectivity index (χ3v) is 5.13. The van der Waals surface area contributed by atoms with E-state index in [0.29, 0.717) is 18.4 Å². The van der Waals surface area contributed by atoms with Gasteiger partial charge in [0.15, 0.2) is 0 Å². The summed E-state index contributed by atoms with van der Waals surface area (Å²) in [4.78, 5) is 26.6. The smallest absolute Gasteiger partial charge is 0.226 e. The van der Waals surface area contributed by atoms with Crippen LogP contribution in [0.5, 0.6) is 0 Å². The van der Waals surface area contributed by atoms with Crippen molar-refractivity contribution < 1.29 is 9.59 Å². The van der Waals surface area contributed by atoms with Gasteiger partial charge in [0, 0.05) is 31.5 Å². The maximum absolute atomic E-state index is 12.5. The largest absolute Gasteiger partial charge is 0.355 e. The fraction of sp³-hybridized carbons (Fsp3) is 0.667. The van der Waals surface area contributed by atoms with Crippen LogP contribution in [0.3, 0.4) is 0 Å². The second-order valence-corrected chi connectivity index (χ2v) is 6.82. The van der Waals surface area contributed by atoms with Crippen LogP contribution in [0.25, 0.3) is 0 Å². The lowest BCUT2D eigenvalue weighted by molar-refractivity contribution is -0.137. The van der Waals surface area contributed by atoms with Gasteiger partial charge in [0.1, 0.15) is 0 Å². The Bertz CT molecular complexity index is 467. The van der Waals surface area contributed by atoms with Crippen LogP contribution in [0.2, 0.25) is 0 Å². The van der Waals surface area contributed by atoms with E-state index >= 15 is 0 Å². The first-order valence-corrected chi connectivity index (χ1v) is 8.60. The van der Waals surface area contributed by atoms with Gasteiger partial charge in [-0.25, -0.2) is 0 Å². The SMILES string of the molecule is O=C(NC[C@@H]1CCCN(C(=O)C2CC=CC2)C1)C1CC=CC1. The first kappa shape index (κ1) is 15.3. The van der Waals surface area contributed by atoms with Crippen LogP contribution in [0.15, 0.2) is 24.3 Å². The number of allylic oxidation sites excluding steroid dienone is 4. The van der Waals surface area contributed by atoms with Gasteiger partial charge < -0.3 is 10.2 Å². The van der Waals surface area contributed by atoms with E-state index in [4.69, 9.17) is 0 Å². The molecule has 0 aromatic heterocycles. The maximum Gasteiger partial charge on any atom is 0.226 e. The molecule has 120 valence electrons. The Morgan fingerprint density at radius 3 is 2.32 bits per heavy atom. The van der Waals surface area contributed by atoms with Gasteiger partial charge >= 0.3 is 0 Å². The molecular weight excluding hydrogens is 276 g/mol. The molecule has 2 aliphatic carbocycles. The quantitative estimate of drug-likeness (QED) is 0.810. The Morgan fingerprint density at radius 1 is 1.00 bits per heavy atom. The molecule has 1 aliphatic heterocycles. The topological polar surface area (TPSA) is 49.4 Å². The van der Waals surface area contributed by atoms with Gasteiger partial charge in [0.25, 0.3) is 0 Å². The summed E-state index contributed by atoms with van der Waals surface area (Å²) < 4.78 is 0. The van der Waals surface area contributed by atoms with Crippen molar-refractivity contribution in [2.45, 2.75) is 38.5 Å². The van der Waals surface area contributed by atoms with Gasteiger partial charge in [0.2, 0.25) is 11.8 Å². The van der Waals surface area contributed by atoms with E-state index in [2.05, 4.69) is 29.6 Å². The number of rotatable bonds is 4. The molecule has 4 heteroatoms. The Kier molecular flexibility index (Phi) is 4.96. The van der Waals surface area contributed by atoms with E-state index in [1.807, 2.05) is 4.90 Å². The van der Waals surface area contributed by atoms with E-state index in [-0.39, 0.29) is 17.7 Å².